The lowest BCUT2D eigenvalue weighted by atomic mass is 10.0. The summed E-state index contributed by atoms with van der Waals surface area (Å²) in [6.45, 7) is 3.15. The van der Waals surface area contributed by atoms with E-state index in [9.17, 15) is 0 Å². The number of aromatic nitrogens is 2. The molecule has 0 aliphatic carbocycles. The topological polar surface area (TPSA) is 49.9 Å². The normalized spacial score (nSPS) is 12.3. The van der Waals surface area contributed by atoms with Crippen LogP contribution in [0, 0.1) is 0 Å². The molecule has 1 atom stereocenters. The Hall–Kier alpha value is -1.81. The molecule has 0 aliphatic rings. The second kappa shape index (κ2) is 6.95. The Kier molecular flexibility index (Phi) is 4.98. The first-order valence-corrected chi connectivity index (χ1v) is 6.69. The number of benzene rings is 1. The molecule has 2 aromatic rings. The lowest BCUT2D eigenvalue weighted by Gasteiger charge is -2.16. The molecular formula is C15H21N3O. The fourth-order valence-electron chi connectivity index (χ4n) is 2.09. The molecule has 2 N–H and O–H groups in total. The Labute approximate surface area is 114 Å². The summed E-state index contributed by atoms with van der Waals surface area (Å²) in [4.78, 5) is 7.55. The molecule has 19 heavy (non-hydrogen) atoms. The molecule has 102 valence electrons. The van der Waals surface area contributed by atoms with Crippen LogP contribution in [0.2, 0.25) is 0 Å². The maximum Gasteiger partial charge on any atom is 0.123 e. The summed E-state index contributed by atoms with van der Waals surface area (Å²) in [5, 5.41) is 3.52. The monoisotopic (exact) mass is 259 g/mol. The van der Waals surface area contributed by atoms with Gasteiger partial charge in [-0.3, -0.25) is 0 Å². The first-order chi connectivity index (χ1) is 9.33. The number of rotatable bonds is 7. The molecule has 0 fully saturated rings. The van der Waals surface area contributed by atoms with E-state index in [0.29, 0.717) is 0 Å². The van der Waals surface area contributed by atoms with Crippen LogP contribution in [0.25, 0.3) is 0 Å². The molecule has 0 aliphatic heterocycles. The van der Waals surface area contributed by atoms with Crippen LogP contribution in [-0.4, -0.2) is 23.6 Å². The third-order valence-corrected chi connectivity index (χ3v) is 3.06. The fourth-order valence-corrected chi connectivity index (χ4v) is 2.09. The quantitative estimate of drug-likeness (QED) is 0.803. The molecule has 2 rings (SSSR count). The Bertz CT molecular complexity index is 482. The lowest BCUT2D eigenvalue weighted by molar-refractivity contribution is 0.413. The van der Waals surface area contributed by atoms with Gasteiger partial charge in [-0.05, 0) is 37.1 Å². The average molecular weight is 259 g/mol. The predicted molar refractivity (Wildman–Crippen MR) is 76.3 cm³/mol. The number of hydrogen-bond donors (Lipinski definition) is 2. The number of aromatic amines is 1. The molecule has 1 unspecified atom stereocenters. The summed E-state index contributed by atoms with van der Waals surface area (Å²) < 4.78 is 5.26. The molecule has 1 aromatic carbocycles. The van der Waals surface area contributed by atoms with E-state index in [-0.39, 0.29) is 6.04 Å². The zero-order valence-corrected chi connectivity index (χ0v) is 11.5. The van der Waals surface area contributed by atoms with Crippen LogP contribution in [0.3, 0.4) is 0 Å². The van der Waals surface area contributed by atoms with Gasteiger partial charge in [-0.15, -0.1) is 0 Å². The molecule has 0 amide bonds. The van der Waals surface area contributed by atoms with Gasteiger partial charge in [-0.2, -0.15) is 0 Å². The largest absolute Gasteiger partial charge is 0.497 e. The van der Waals surface area contributed by atoms with Gasteiger partial charge in [0, 0.05) is 12.4 Å². The van der Waals surface area contributed by atoms with E-state index in [1.165, 1.54) is 5.56 Å². The van der Waals surface area contributed by atoms with Crippen molar-refractivity contribution in [3.8, 4) is 5.75 Å². The Morgan fingerprint density at radius 2 is 2.32 bits per heavy atom. The molecule has 1 heterocycles. The summed E-state index contributed by atoms with van der Waals surface area (Å²) in [6.07, 6.45) is 5.66. The Balaban J connectivity index is 2.10. The highest BCUT2D eigenvalue weighted by molar-refractivity contribution is 5.29. The third kappa shape index (κ3) is 3.83. The second-order valence-corrected chi connectivity index (χ2v) is 4.54. The number of nitrogens with zero attached hydrogens (tertiary/aromatic N) is 1. The van der Waals surface area contributed by atoms with E-state index in [0.717, 1.165) is 31.0 Å². The molecule has 1 aromatic heterocycles. The highest BCUT2D eigenvalue weighted by Crippen LogP contribution is 2.19. The summed E-state index contributed by atoms with van der Waals surface area (Å²) in [5.74, 6) is 1.88. The van der Waals surface area contributed by atoms with Crippen molar-refractivity contribution in [2.24, 2.45) is 0 Å². The number of nitrogens with one attached hydrogen (secondary N) is 2. The first kappa shape index (κ1) is 13.6. The Morgan fingerprint density at radius 1 is 1.42 bits per heavy atom. The molecule has 0 saturated heterocycles. The molecule has 0 saturated carbocycles. The van der Waals surface area contributed by atoms with E-state index in [4.69, 9.17) is 4.74 Å². The van der Waals surface area contributed by atoms with Crippen LogP contribution in [-0.2, 0) is 6.42 Å². The lowest BCUT2D eigenvalue weighted by Crippen LogP contribution is -2.25. The van der Waals surface area contributed by atoms with Gasteiger partial charge < -0.3 is 15.0 Å². The number of methoxy groups -OCH3 is 1. The average Bonchev–Trinajstić information content (AvgIpc) is 2.97. The van der Waals surface area contributed by atoms with Crippen molar-refractivity contribution >= 4 is 0 Å². The highest BCUT2D eigenvalue weighted by Gasteiger charge is 2.13. The van der Waals surface area contributed by atoms with E-state index in [1.807, 2.05) is 18.3 Å². The van der Waals surface area contributed by atoms with E-state index in [1.54, 1.807) is 13.3 Å². The van der Waals surface area contributed by atoms with Crippen LogP contribution in [0.1, 0.15) is 30.8 Å². The van der Waals surface area contributed by atoms with Gasteiger partial charge in [0.25, 0.3) is 0 Å². The molecule has 4 nitrogen and oxygen atoms in total. The van der Waals surface area contributed by atoms with Gasteiger partial charge >= 0.3 is 0 Å². The Morgan fingerprint density at radius 3 is 3.00 bits per heavy atom. The third-order valence-electron chi connectivity index (χ3n) is 3.06. The maximum absolute atomic E-state index is 5.26. The van der Waals surface area contributed by atoms with Crippen molar-refractivity contribution in [2.45, 2.75) is 25.8 Å². The van der Waals surface area contributed by atoms with Gasteiger partial charge in [0.2, 0.25) is 0 Å². The van der Waals surface area contributed by atoms with Crippen molar-refractivity contribution in [3.05, 3.63) is 48.0 Å². The van der Waals surface area contributed by atoms with Gasteiger partial charge in [-0.25, -0.2) is 4.98 Å². The van der Waals surface area contributed by atoms with Crippen LogP contribution in [0.5, 0.6) is 5.75 Å². The predicted octanol–water partition coefficient (Wildman–Crippen LogP) is 2.70. The minimum atomic E-state index is 0.210. The second-order valence-electron chi connectivity index (χ2n) is 4.54. The van der Waals surface area contributed by atoms with E-state index in [2.05, 4.69) is 34.3 Å². The number of hydrogen-bond acceptors (Lipinski definition) is 3. The van der Waals surface area contributed by atoms with Crippen LogP contribution in [0.15, 0.2) is 36.7 Å². The first-order valence-electron chi connectivity index (χ1n) is 6.69. The maximum atomic E-state index is 5.26. The van der Waals surface area contributed by atoms with Crippen molar-refractivity contribution in [2.75, 3.05) is 13.7 Å². The SMILES string of the molecule is CCCNC(Cc1cccc(OC)c1)c1ncc[nH]1. The molecule has 0 radical (unpaired) electrons. The summed E-state index contributed by atoms with van der Waals surface area (Å²) in [6, 6.07) is 8.38. The summed E-state index contributed by atoms with van der Waals surface area (Å²) in [5.41, 5.74) is 1.24. The summed E-state index contributed by atoms with van der Waals surface area (Å²) in [7, 11) is 1.69. The van der Waals surface area contributed by atoms with Crippen LogP contribution >= 0.6 is 0 Å². The van der Waals surface area contributed by atoms with Crippen molar-refractivity contribution in [1.29, 1.82) is 0 Å². The fraction of sp³-hybridized carbons (Fsp3) is 0.400. The van der Waals surface area contributed by atoms with Crippen molar-refractivity contribution in [3.63, 3.8) is 0 Å². The minimum absolute atomic E-state index is 0.210. The number of ether oxygens (including phenoxy) is 1. The van der Waals surface area contributed by atoms with Crippen LogP contribution < -0.4 is 10.1 Å². The summed E-state index contributed by atoms with van der Waals surface area (Å²) >= 11 is 0. The molecule has 0 bridgehead atoms. The van der Waals surface area contributed by atoms with Gasteiger partial charge in [-0.1, -0.05) is 19.1 Å². The van der Waals surface area contributed by atoms with E-state index >= 15 is 0 Å². The van der Waals surface area contributed by atoms with Crippen molar-refractivity contribution < 1.29 is 4.74 Å². The van der Waals surface area contributed by atoms with Gasteiger partial charge in [0.1, 0.15) is 11.6 Å². The highest BCUT2D eigenvalue weighted by atomic mass is 16.5. The standard InChI is InChI=1S/C15H21N3O/c1-3-7-16-14(15-17-8-9-18-15)11-12-5-4-6-13(10-12)19-2/h4-6,8-10,14,16H,3,7,11H2,1-2H3,(H,17,18). The zero-order chi connectivity index (χ0) is 13.5. The van der Waals surface area contributed by atoms with Gasteiger partial charge in [0.05, 0.1) is 13.2 Å². The molecule has 4 heteroatoms. The smallest absolute Gasteiger partial charge is 0.123 e. The number of H-pyrrole nitrogens is 1. The zero-order valence-electron chi connectivity index (χ0n) is 11.5. The van der Waals surface area contributed by atoms with Crippen molar-refractivity contribution in [1.82, 2.24) is 15.3 Å². The van der Waals surface area contributed by atoms with Crippen LogP contribution in [0.4, 0.5) is 0 Å². The molecular weight excluding hydrogens is 238 g/mol. The number of imidazole rings is 1. The van der Waals surface area contributed by atoms with E-state index < -0.39 is 0 Å². The van der Waals surface area contributed by atoms with Gasteiger partial charge in [0.15, 0.2) is 0 Å². The minimum Gasteiger partial charge on any atom is -0.497 e. The molecule has 0 spiro atoms.